The number of aryl methyl sites for hydroxylation is 2. The summed E-state index contributed by atoms with van der Waals surface area (Å²) in [6.07, 6.45) is 3.47. The first kappa shape index (κ1) is 19.6. The summed E-state index contributed by atoms with van der Waals surface area (Å²) in [4.78, 5) is 17.3. The van der Waals surface area contributed by atoms with Gasteiger partial charge in [-0.15, -0.1) is 0 Å². The van der Waals surface area contributed by atoms with Gasteiger partial charge in [0.15, 0.2) is 11.3 Å². The van der Waals surface area contributed by atoms with E-state index in [1.807, 2.05) is 46.9 Å². The van der Waals surface area contributed by atoms with E-state index in [0.29, 0.717) is 11.3 Å². The molecule has 0 bridgehead atoms. The lowest BCUT2D eigenvalue weighted by atomic mass is 9.99. The summed E-state index contributed by atoms with van der Waals surface area (Å²) in [7, 11) is 1.88. The van der Waals surface area contributed by atoms with Crippen LogP contribution in [0.1, 0.15) is 47.1 Å². The molecule has 4 rings (SSSR count). The molecule has 1 amide bonds. The molecule has 8 nitrogen and oxygen atoms in total. The lowest BCUT2D eigenvalue weighted by molar-refractivity contribution is 0.102. The summed E-state index contributed by atoms with van der Waals surface area (Å²) >= 11 is 0. The van der Waals surface area contributed by atoms with E-state index < -0.39 is 0 Å². The van der Waals surface area contributed by atoms with Crippen molar-refractivity contribution in [2.45, 2.75) is 33.6 Å². The van der Waals surface area contributed by atoms with Crippen molar-refractivity contribution in [1.29, 1.82) is 0 Å². The van der Waals surface area contributed by atoms with Crippen LogP contribution in [0.3, 0.4) is 0 Å². The van der Waals surface area contributed by atoms with Crippen molar-refractivity contribution in [1.82, 2.24) is 24.4 Å². The van der Waals surface area contributed by atoms with E-state index in [-0.39, 0.29) is 23.3 Å². The SMILES string of the molecule is Cc1cc(O)c(C(C)C)cc1NC(=O)c1cc2nccc(-c3cnn(C)c3C)n2n1. The first-order valence-corrected chi connectivity index (χ1v) is 9.75. The van der Waals surface area contributed by atoms with Crippen molar-refractivity contribution in [3.8, 4) is 17.0 Å². The molecule has 3 heterocycles. The van der Waals surface area contributed by atoms with Gasteiger partial charge in [0, 0.05) is 36.3 Å². The summed E-state index contributed by atoms with van der Waals surface area (Å²) in [5.41, 5.74) is 5.77. The van der Waals surface area contributed by atoms with Gasteiger partial charge in [0.1, 0.15) is 5.75 Å². The Morgan fingerprint density at radius 3 is 2.63 bits per heavy atom. The fourth-order valence-corrected chi connectivity index (χ4v) is 3.45. The Bertz CT molecular complexity index is 1270. The Labute approximate surface area is 174 Å². The highest BCUT2D eigenvalue weighted by atomic mass is 16.3. The van der Waals surface area contributed by atoms with Gasteiger partial charge in [-0.25, -0.2) is 9.50 Å². The van der Waals surface area contributed by atoms with Gasteiger partial charge in [-0.2, -0.15) is 10.2 Å². The number of fused-ring (bicyclic) bond motifs is 1. The lowest BCUT2D eigenvalue weighted by Gasteiger charge is -2.14. The number of nitrogens with zero attached hydrogens (tertiary/aromatic N) is 5. The van der Waals surface area contributed by atoms with E-state index in [9.17, 15) is 9.90 Å². The van der Waals surface area contributed by atoms with Gasteiger partial charge in [0.05, 0.1) is 11.9 Å². The number of aromatic nitrogens is 5. The monoisotopic (exact) mass is 404 g/mol. The van der Waals surface area contributed by atoms with Crippen molar-refractivity contribution in [2.75, 3.05) is 5.32 Å². The molecule has 0 unspecified atom stereocenters. The predicted octanol–water partition coefficient (Wildman–Crippen LogP) is 3.83. The minimum absolute atomic E-state index is 0.130. The van der Waals surface area contributed by atoms with Crippen LogP contribution < -0.4 is 5.32 Å². The molecule has 0 saturated carbocycles. The maximum atomic E-state index is 12.9. The average Bonchev–Trinajstić information content (AvgIpc) is 3.27. The second kappa shape index (κ2) is 7.29. The van der Waals surface area contributed by atoms with Crippen LogP contribution in [0.4, 0.5) is 5.69 Å². The number of hydrogen-bond donors (Lipinski definition) is 2. The Morgan fingerprint density at radius 2 is 1.97 bits per heavy atom. The topological polar surface area (TPSA) is 97.3 Å². The summed E-state index contributed by atoms with van der Waals surface area (Å²) < 4.78 is 3.45. The summed E-state index contributed by atoms with van der Waals surface area (Å²) in [5, 5.41) is 21.9. The molecular weight excluding hydrogens is 380 g/mol. The zero-order valence-corrected chi connectivity index (χ0v) is 17.6. The zero-order chi connectivity index (χ0) is 21.6. The summed E-state index contributed by atoms with van der Waals surface area (Å²) in [6, 6.07) is 6.99. The van der Waals surface area contributed by atoms with Crippen LogP contribution in [-0.4, -0.2) is 35.4 Å². The van der Waals surface area contributed by atoms with E-state index >= 15 is 0 Å². The molecule has 0 saturated heterocycles. The number of phenolic OH excluding ortho intramolecular Hbond substituents is 1. The van der Waals surface area contributed by atoms with Crippen LogP contribution in [-0.2, 0) is 7.05 Å². The first-order chi connectivity index (χ1) is 14.3. The van der Waals surface area contributed by atoms with Crippen LogP contribution in [0.25, 0.3) is 16.9 Å². The standard InChI is InChI=1S/C22H24N6O2/c1-12(2)15-9-17(13(3)8-20(15)29)25-22(30)18-10-21-23-7-6-19(28(21)26-18)16-11-24-27(5)14(16)4/h6-12,29H,1-5H3,(H,25,30). The largest absolute Gasteiger partial charge is 0.508 e. The first-order valence-electron chi connectivity index (χ1n) is 9.75. The quantitative estimate of drug-likeness (QED) is 0.504. The number of aromatic hydroxyl groups is 1. The zero-order valence-electron chi connectivity index (χ0n) is 17.6. The van der Waals surface area contributed by atoms with Crippen LogP contribution in [0, 0.1) is 13.8 Å². The van der Waals surface area contributed by atoms with Gasteiger partial charge >= 0.3 is 0 Å². The van der Waals surface area contributed by atoms with E-state index in [2.05, 4.69) is 20.5 Å². The molecule has 2 N–H and O–H groups in total. The second-order valence-electron chi connectivity index (χ2n) is 7.73. The molecular formula is C22H24N6O2. The normalized spacial score (nSPS) is 11.4. The molecule has 1 aromatic carbocycles. The summed E-state index contributed by atoms with van der Waals surface area (Å²) in [6.45, 7) is 7.80. The van der Waals surface area contributed by atoms with Crippen molar-refractivity contribution < 1.29 is 9.90 Å². The molecule has 30 heavy (non-hydrogen) atoms. The van der Waals surface area contributed by atoms with Crippen LogP contribution >= 0.6 is 0 Å². The third-order valence-corrected chi connectivity index (χ3v) is 5.35. The van der Waals surface area contributed by atoms with E-state index in [4.69, 9.17) is 0 Å². The Balaban J connectivity index is 1.71. The van der Waals surface area contributed by atoms with Crippen LogP contribution in [0.15, 0.2) is 36.7 Å². The average molecular weight is 404 g/mol. The van der Waals surface area contributed by atoms with Gasteiger partial charge in [-0.3, -0.25) is 9.48 Å². The molecule has 0 radical (unpaired) electrons. The lowest BCUT2D eigenvalue weighted by Crippen LogP contribution is -2.14. The maximum Gasteiger partial charge on any atom is 0.276 e. The van der Waals surface area contributed by atoms with Gasteiger partial charge in [-0.1, -0.05) is 13.8 Å². The fraction of sp³-hybridized carbons (Fsp3) is 0.273. The van der Waals surface area contributed by atoms with Gasteiger partial charge < -0.3 is 10.4 Å². The number of benzene rings is 1. The molecule has 0 fully saturated rings. The number of amides is 1. The molecule has 0 atom stereocenters. The van der Waals surface area contributed by atoms with Crippen molar-refractivity contribution in [3.63, 3.8) is 0 Å². The van der Waals surface area contributed by atoms with E-state index in [1.54, 1.807) is 33.7 Å². The minimum atomic E-state index is -0.335. The molecule has 8 heteroatoms. The number of hydrogen-bond acceptors (Lipinski definition) is 5. The van der Waals surface area contributed by atoms with E-state index in [1.165, 1.54) is 0 Å². The van der Waals surface area contributed by atoms with Gasteiger partial charge in [0.2, 0.25) is 0 Å². The minimum Gasteiger partial charge on any atom is -0.508 e. The molecule has 0 aliphatic carbocycles. The molecule has 3 aromatic heterocycles. The van der Waals surface area contributed by atoms with Gasteiger partial charge in [-0.05, 0) is 49.1 Å². The molecule has 154 valence electrons. The van der Waals surface area contributed by atoms with Crippen LogP contribution in [0.2, 0.25) is 0 Å². The van der Waals surface area contributed by atoms with Crippen molar-refractivity contribution in [2.24, 2.45) is 7.05 Å². The highest BCUT2D eigenvalue weighted by Crippen LogP contribution is 2.31. The third-order valence-electron chi connectivity index (χ3n) is 5.35. The Hall–Kier alpha value is -3.68. The number of nitrogens with one attached hydrogen (secondary N) is 1. The van der Waals surface area contributed by atoms with Gasteiger partial charge in [0.25, 0.3) is 5.91 Å². The Kier molecular flexibility index (Phi) is 4.77. The number of carbonyl (C=O) groups is 1. The van der Waals surface area contributed by atoms with Crippen molar-refractivity contribution >= 4 is 17.2 Å². The Morgan fingerprint density at radius 1 is 1.20 bits per heavy atom. The fourth-order valence-electron chi connectivity index (χ4n) is 3.45. The molecule has 0 aliphatic rings. The van der Waals surface area contributed by atoms with E-state index in [0.717, 1.165) is 28.1 Å². The van der Waals surface area contributed by atoms with Crippen LogP contribution in [0.5, 0.6) is 5.75 Å². The second-order valence-corrected chi connectivity index (χ2v) is 7.73. The predicted molar refractivity (Wildman–Crippen MR) is 115 cm³/mol. The number of anilines is 1. The number of carbonyl (C=O) groups excluding carboxylic acids is 1. The van der Waals surface area contributed by atoms with Crippen molar-refractivity contribution in [3.05, 3.63) is 59.2 Å². The highest BCUT2D eigenvalue weighted by molar-refractivity contribution is 6.04. The highest BCUT2D eigenvalue weighted by Gasteiger charge is 2.18. The number of rotatable bonds is 4. The molecule has 0 aliphatic heterocycles. The third kappa shape index (κ3) is 3.30. The molecule has 4 aromatic rings. The maximum absolute atomic E-state index is 12.9. The molecule has 0 spiro atoms. The summed E-state index contributed by atoms with van der Waals surface area (Å²) in [5.74, 6) is 0.0256. The smallest absolute Gasteiger partial charge is 0.276 e. The number of phenols is 1.